The van der Waals surface area contributed by atoms with Crippen molar-refractivity contribution in [2.75, 3.05) is 12.3 Å². The smallest absolute Gasteiger partial charge is 0.0106 e. The Morgan fingerprint density at radius 3 is 2.60 bits per heavy atom. The van der Waals surface area contributed by atoms with Crippen molar-refractivity contribution in [1.29, 1.82) is 0 Å². The molecule has 3 rings (SSSR count). The molecule has 20 heavy (non-hydrogen) atoms. The average Bonchev–Trinajstić information content (AvgIpc) is 2.78. The van der Waals surface area contributed by atoms with E-state index in [-0.39, 0.29) is 0 Å². The van der Waals surface area contributed by atoms with Crippen LogP contribution in [-0.4, -0.2) is 18.3 Å². The van der Waals surface area contributed by atoms with Crippen LogP contribution in [0, 0.1) is 0 Å². The van der Waals surface area contributed by atoms with E-state index in [0.29, 0.717) is 0 Å². The summed E-state index contributed by atoms with van der Waals surface area (Å²) < 4.78 is 0. The number of benzene rings is 1. The van der Waals surface area contributed by atoms with E-state index in [1.54, 1.807) is 11.1 Å². The maximum atomic E-state index is 3.76. The van der Waals surface area contributed by atoms with Crippen molar-refractivity contribution in [3.63, 3.8) is 0 Å². The molecule has 1 saturated carbocycles. The normalized spacial score (nSPS) is 19.8. The van der Waals surface area contributed by atoms with E-state index in [1.807, 2.05) is 11.8 Å². The molecule has 0 aromatic heterocycles. The molecule has 0 unspecified atom stereocenters. The van der Waals surface area contributed by atoms with Gasteiger partial charge in [0.15, 0.2) is 0 Å². The summed E-state index contributed by atoms with van der Waals surface area (Å²) in [6, 6.07) is 7.89. The van der Waals surface area contributed by atoms with Gasteiger partial charge in [0.1, 0.15) is 0 Å². The number of aryl methyl sites for hydroxylation is 2. The predicted octanol–water partition coefficient (Wildman–Crippen LogP) is 4.58. The lowest BCUT2D eigenvalue weighted by atomic mass is 10.1. The second-order valence-electron chi connectivity index (χ2n) is 6.28. The lowest BCUT2D eigenvalue weighted by Gasteiger charge is -2.15. The number of hydrogen-bond donors (Lipinski definition) is 1. The van der Waals surface area contributed by atoms with Crippen LogP contribution in [0.3, 0.4) is 0 Å². The Labute approximate surface area is 127 Å². The van der Waals surface area contributed by atoms with E-state index in [4.69, 9.17) is 0 Å². The third-order valence-corrected chi connectivity index (χ3v) is 5.72. The Hall–Kier alpha value is -0.470. The predicted molar refractivity (Wildman–Crippen MR) is 88.7 cm³/mol. The molecule has 2 aliphatic carbocycles. The summed E-state index contributed by atoms with van der Waals surface area (Å²) in [5, 5.41) is 3.76. The van der Waals surface area contributed by atoms with E-state index in [2.05, 4.69) is 23.5 Å². The molecule has 1 aromatic rings. The van der Waals surface area contributed by atoms with Gasteiger partial charge in [0.2, 0.25) is 0 Å². The highest BCUT2D eigenvalue weighted by Gasteiger charge is 2.12. The zero-order chi connectivity index (χ0) is 13.6. The van der Waals surface area contributed by atoms with Crippen molar-refractivity contribution in [2.45, 2.75) is 68.7 Å². The molecule has 0 atom stereocenters. The fourth-order valence-electron chi connectivity index (χ4n) is 3.55. The van der Waals surface area contributed by atoms with E-state index in [9.17, 15) is 0 Å². The zero-order valence-corrected chi connectivity index (χ0v) is 13.3. The second kappa shape index (κ2) is 7.51. The highest BCUT2D eigenvalue weighted by Crippen LogP contribution is 2.27. The monoisotopic (exact) mass is 289 g/mol. The first-order valence-electron chi connectivity index (χ1n) is 8.40. The van der Waals surface area contributed by atoms with Crippen molar-refractivity contribution in [1.82, 2.24) is 5.32 Å². The van der Waals surface area contributed by atoms with Crippen LogP contribution < -0.4 is 5.32 Å². The number of thioether (sulfide) groups is 1. The molecule has 0 spiro atoms. The molecule has 0 aliphatic heterocycles. The minimum atomic E-state index is 0.790. The molecule has 1 aromatic carbocycles. The van der Waals surface area contributed by atoms with E-state index in [1.165, 1.54) is 68.4 Å². The van der Waals surface area contributed by atoms with Gasteiger partial charge < -0.3 is 5.32 Å². The van der Waals surface area contributed by atoms with Crippen molar-refractivity contribution in [3.05, 3.63) is 29.3 Å². The summed E-state index contributed by atoms with van der Waals surface area (Å²) in [5.74, 6) is 1.20. The van der Waals surface area contributed by atoms with Crippen molar-refractivity contribution in [3.8, 4) is 0 Å². The SMILES string of the molecule is c1cc2c(cc1SCCNC1CCCCCC1)CCC2. The summed E-state index contributed by atoms with van der Waals surface area (Å²) in [6.07, 6.45) is 12.5. The maximum Gasteiger partial charge on any atom is 0.0106 e. The van der Waals surface area contributed by atoms with Gasteiger partial charge in [-0.3, -0.25) is 0 Å². The molecule has 2 aliphatic rings. The molecule has 0 amide bonds. The number of rotatable bonds is 5. The first-order valence-corrected chi connectivity index (χ1v) is 9.38. The third kappa shape index (κ3) is 4.02. The Balaban J connectivity index is 1.39. The minimum Gasteiger partial charge on any atom is -0.313 e. The molecular weight excluding hydrogens is 262 g/mol. The van der Waals surface area contributed by atoms with Crippen LogP contribution in [-0.2, 0) is 12.8 Å². The van der Waals surface area contributed by atoms with Crippen LogP contribution in [0.5, 0.6) is 0 Å². The Morgan fingerprint density at radius 2 is 1.75 bits per heavy atom. The van der Waals surface area contributed by atoms with Crippen molar-refractivity contribution < 1.29 is 0 Å². The largest absolute Gasteiger partial charge is 0.313 e. The average molecular weight is 289 g/mol. The Kier molecular flexibility index (Phi) is 5.43. The number of hydrogen-bond acceptors (Lipinski definition) is 2. The van der Waals surface area contributed by atoms with Crippen LogP contribution in [0.15, 0.2) is 23.1 Å². The highest BCUT2D eigenvalue weighted by molar-refractivity contribution is 7.99. The Morgan fingerprint density at radius 1 is 0.950 bits per heavy atom. The molecule has 0 bridgehead atoms. The van der Waals surface area contributed by atoms with Gasteiger partial charge in [0.05, 0.1) is 0 Å². The molecule has 110 valence electrons. The molecular formula is C18H27NS. The molecule has 0 heterocycles. The highest BCUT2D eigenvalue weighted by atomic mass is 32.2. The summed E-state index contributed by atoms with van der Waals surface area (Å²) in [7, 11) is 0. The van der Waals surface area contributed by atoms with Gasteiger partial charge in [-0.2, -0.15) is 0 Å². The van der Waals surface area contributed by atoms with Gasteiger partial charge in [-0.1, -0.05) is 31.7 Å². The lowest BCUT2D eigenvalue weighted by molar-refractivity contribution is 0.474. The van der Waals surface area contributed by atoms with Crippen LogP contribution >= 0.6 is 11.8 Å². The third-order valence-electron chi connectivity index (χ3n) is 4.73. The molecule has 0 radical (unpaired) electrons. The van der Waals surface area contributed by atoms with Crippen molar-refractivity contribution in [2.24, 2.45) is 0 Å². The summed E-state index contributed by atoms with van der Waals surface area (Å²) in [4.78, 5) is 1.47. The summed E-state index contributed by atoms with van der Waals surface area (Å²) in [5.41, 5.74) is 3.19. The van der Waals surface area contributed by atoms with Gasteiger partial charge in [-0.05, 0) is 55.4 Å². The maximum absolute atomic E-state index is 3.76. The molecule has 2 heteroatoms. The van der Waals surface area contributed by atoms with Gasteiger partial charge in [-0.25, -0.2) is 0 Å². The fraction of sp³-hybridized carbons (Fsp3) is 0.667. The van der Waals surface area contributed by atoms with Crippen LogP contribution in [0.25, 0.3) is 0 Å². The quantitative estimate of drug-likeness (QED) is 0.484. The Bertz CT molecular complexity index is 421. The standard InChI is InChI=1S/C18H27NS/c1-2-4-9-17(8-3-1)19-12-13-20-18-11-10-15-6-5-7-16(15)14-18/h10-11,14,17,19H,1-9,12-13H2. The summed E-state index contributed by atoms with van der Waals surface area (Å²) >= 11 is 2.02. The van der Waals surface area contributed by atoms with E-state index in [0.717, 1.165) is 12.6 Å². The first-order chi connectivity index (χ1) is 9.92. The molecule has 1 fully saturated rings. The molecule has 0 saturated heterocycles. The van der Waals surface area contributed by atoms with E-state index >= 15 is 0 Å². The van der Waals surface area contributed by atoms with Gasteiger partial charge in [-0.15, -0.1) is 11.8 Å². The lowest BCUT2D eigenvalue weighted by Crippen LogP contribution is -2.30. The second-order valence-corrected chi connectivity index (χ2v) is 7.44. The van der Waals surface area contributed by atoms with Crippen molar-refractivity contribution >= 4 is 11.8 Å². The van der Waals surface area contributed by atoms with E-state index < -0.39 is 0 Å². The number of fused-ring (bicyclic) bond motifs is 1. The first kappa shape index (κ1) is 14.5. The molecule has 1 nitrogen and oxygen atoms in total. The minimum absolute atomic E-state index is 0.790. The zero-order valence-electron chi connectivity index (χ0n) is 12.5. The van der Waals surface area contributed by atoms with Gasteiger partial charge in [0, 0.05) is 23.2 Å². The fourth-order valence-corrected chi connectivity index (χ4v) is 4.40. The van der Waals surface area contributed by atoms with Gasteiger partial charge >= 0.3 is 0 Å². The topological polar surface area (TPSA) is 12.0 Å². The van der Waals surface area contributed by atoms with Crippen LogP contribution in [0.1, 0.15) is 56.1 Å². The summed E-state index contributed by atoms with van der Waals surface area (Å²) in [6.45, 7) is 1.16. The van der Waals surface area contributed by atoms with Crippen LogP contribution in [0.4, 0.5) is 0 Å². The van der Waals surface area contributed by atoms with Crippen LogP contribution in [0.2, 0.25) is 0 Å². The molecule has 1 N–H and O–H groups in total. The number of nitrogens with one attached hydrogen (secondary N) is 1. The van der Waals surface area contributed by atoms with Gasteiger partial charge in [0.25, 0.3) is 0 Å².